The third kappa shape index (κ3) is 4.79. The first kappa shape index (κ1) is 22.1. The number of fused-ring (bicyclic) bond motifs is 1. The number of hydrogen-bond donors (Lipinski definition) is 1. The molecule has 2 aromatic heterocycles. The lowest BCUT2D eigenvalue weighted by atomic mass is 9.89. The number of pyridine rings is 1. The van der Waals surface area contributed by atoms with Gasteiger partial charge < -0.3 is 9.67 Å². The molecule has 0 spiro atoms. The molecule has 3 rings (SSSR count). The van der Waals surface area contributed by atoms with E-state index in [0.717, 1.165) is 6.08 Å². The number of rotatable bonds is 4. The van der Waals surface area contributed by atoms with E-state index in [2.05, 4.69) is 4.98 Å². The number of halogens is 6. The number of allylic oxidation sites excluding steroid dienone is 4. The van der Waals surface area contributed by atoms with Crippen LogP contribution in [0.1, 0.15) is 12.0 Å². The molecule has 162 valence electrons. The van der Waals surface area contributed by atoms with Gasteiger partial charge in [0.25, 0.3) is 0 Å². The number of nitrogens with zero attached hydrogens (tertiary/aromatic N) is 3. The molecule has 11 heteroatoms. The maximum Gasteiger partial charge on any atom is 0.416 e. The molecule has 1 N–H and O–H groups in total. The van der Waals surface area contributed by atoms with E-state index in [1.807, 2.05) is 0 Å². The van der Waals surface area contributed by atoms with Crippen LogP contribution in [-0.2, 0) is 11.3 Å². The number of nitriles is 1. The third-order valence-corrected chi connectivity index (χ3v) is 4.71. The SMILES string of the molecule is N#C/C(=C\c1cn(CC2=CC(C(F)(F)F)=CC(C(F)(F)F)C2)c2cnccc12)C(=O)O. The summed E-state index contributed by atoms with van der Waals surface area (Å²) in [7, 11) is 0. The van der Waals surface area contributed by atoms with Crippen LogP contribution in [0, 0.1) is 17.2 Å². The molecule has 1 aliphatic rings. The Balaban J connectivity index is 2.06. The number of alkyl halides is 6. The quantitative estimate of drug-likeness (QED) is 0.410. The van der Waals surface area contributed by atoms with E-state index in [9.17, 15) is 31.1 Å². The van der Waals surface area contributed by atoms with Gasteiger partial charge in [-0.3, -0.25) is 4.98 Å². The van der Waals surface area contributed by atoms with Gasteiger partial charge in [0.1, 0.15) is 11.6 Å². The lowest BCUT2D eigenvalue weighted by Gasteiger charge is -2.25. The molecule has 2 aromatic rings. The van der Waals surface area contributed by atoms with Gasteiger partial charge >= 0.3 is 18.3 Å². The van der Waals surface area contributed by atoms with E-state index in [0.29, 0.717) is 17.0 Å². The van der Waals surface area contributed by atoms with Gasteiger partial charge in [0.15, 0.2) is 0 Å². The fraction of sp³-hybridized carbons (Fsp3) is 0.250. The minimum Gasteiger partial charge on any atom is -0.477 e. The van der Waals surface area contributed by atoms with Crippen LogP contribution in [0.15, 0.2) is 53.5 Å². The molecule has 0 saturated heterocycles. The zero-order valence-corrected chi connectivity index (χ0v) is 15.5. The average molecular weight is 441 g/mol. The summed E-state index contributed by atoms with van der Waals surface area (Å²) in [6.45, 7) is -0.301. The molecule has 1 atom stereocenters. The van der Waals surface area contributed by atoms with E-state index < -0.39 is 41.8 Å². The molecule has 0 saturated carbocycles. The summed E-state index contributed by atoms with van der Waals surface area (Å²) in [5.74, 6) is -3.75. The van der Waals surface area contributed by atoms with Gasteiger partial charge in [0.05, 0.1) is 23.2 Å². The van der Waals surface area contributed by atoms with Gasteiger partial charge in [-0.1, -0.05) is 6.08 Å². The highest BCUT2D eigenvalue weighted by Crippen LogP contribution is 2.41. The number of hydrogen-bond acceptors (Lipinski definition) is 3. The smallest absolute Gasteiger partial charge is 0.416 e. The van der Waals surface area contributed by atoms with Crippen molar-refractivity contribution in [1.29, 1.82) is 5.26 Å². The van der Waals surface area contributed by atoms with Gasteiger partial charge in [-0.2, -0.15) is 31.6 Å². The minimum absolute atomic E-state index is 0.104. The maximum atomic E-state index is 13.2. The molecule has 0 fully saturated rings. The predicted molar refractivity (Wildman–Crippen MR) is 97.3 cm³/mol. The average Bonchev–Trinajstić information content (AvgIpc) is 3.01. The fourth-order valence-electron chi connectivity index (χ4n) is 3.31. The van der Waals surface area contributed by atoms with Crippen molar-refractivity contribution in [3.05, 3.63) is 59.1 Å². The Kier molecular flexibility index (Phi) is 5.67. The second-order valence-electron chi connectivity index (χ2n) is 6.85. The van der Waals surface area contributed by atoms with Crippen molar-refractivity contribution in [2.75, 3.05) is 0 Å². The summed E-state index contributed by atoms with van der Waals surface area (Å²) in [4.78, 5) is 15.0. The predicted octanol–water partition coefficient (Wildman–Crippen LogP) is 5.03. The molecule has 0 aromatic carbocycles. The second kappa shape index (κ2) is 7.94. The Morgan fingerprint density at radius 3 is 2.61 bits per heavy atom. The van der Waals surface area contributed by atoms with Crippen LogP contribution in [0.4, 0.5) is 26.3 Å². The highest BCUT2D eigenvalue weighted by Gasteiger charge is 2.44. The largest absolute Gasteiger partial charge is 0.477 e. The lowest BCUT2D eigenvalue weighted by Crippen LogP contribution is -2.27. The standard InChI is InChI=1S/C20H13F6N3O2/c21-19(22,23)14-3-11(4-15(6-14)20(24,25)26)9-29-10-13(5-12(7-27)18(30)31)16-1-2-28-8-17(16)29/h1-3,5-6,8,10,15H,4,9H2,(H,30,31)/b12-5+. The van der Waals surface area contributed by atoms with Gasteiger partial charge in [0.2, 0.25) is 0 Å². The number of carboxylic acid groups (broad SMARTS) is 1. The van der Waals surface area contributed by atoms with E-state index in [4.69, 9.17) is 10.4 Å². The molecular weight excluding hydrogens is 428 g/mol. The van der Waals surface area contributed by atoms with Gasteiger partial charge in [-0.15, -0.1) is 0 Å². The Bertz CT molecular complexity index is 1160. The molecule has 0 radical (unpaired) electrons. The highest BCUT2D eigenvalue weighted by molar-refractivity contribution is 6.00. The molecule has 2 heterocycles. The molecule has 5 nitrogen and oxygen atoms in total. The summed E-state index contributed by atoms with van der Waals surface area (Å²) in [5, 5.41) is 18.5. The van der Waals surface area contributed by atoms with Gasteiger partial charge in [0, 0.05) is 29.9 Å². The summed E-state index contributed by atoms with van der Waals surface area (Å²) in [6, 6.07) is 3.02. The van der Waals surface area contributed by atoms with Crippen LogP contribution in [0.5, 0.6) is 0 Å². The molecule has 0 bridgehead atoms. The van der Waals surface area contributed by atoms with Crippen LogP contribution < -0.4 is 0 Å². The van der Waals surface area contributed by atoms with E-state index in [-0.39, 0.29) is 23.8 Å². The van der Waals surface area contributed by atoms with Crippen LogP contribution in [0.2, 0.25) is 0 Å². The Labute approximate surface area is 171 Å². The molecule has 1 aliphatic carbocycles. The van der Waals surface area contributed by atoms with Crippen LogP contribution >= 0.6 is 0 Å². The van der Waals surface area contributed by atoms with Crippen molar-refractivity contribution in [1.82, 2.24) is 9.55 Å². The second-order valence-corrected chi connectivity index (χ2v) is 6.85. The van der Waals surface area contributed by atoms with Crippen LogP contribution in [-0.4, -0.2) is 33.0 Å². The number of carbonyl (C=O) groups is 1. The maximum absolute atomic E-state index is 13.2. The Morgan fingerprint density at radius 1 is 1.32 bits per heavy atom. The minimum atomic E-state index is -4.94. The number of aromatic nitrogens is 2. The summed E-state index contributed by atoms with van der Waals surface area (Å²) < 4.78 is 80.3. The normalized spacial score (nSPS) is 17.8. The van der Waals surface area contributed by atoms with Crippen molar-refractivity contribution in [3.63, 3.8) is 0 Å². The van der Waals surface area contributed by atoms with Gasteiger partial charge in [-0.25, -0.2) is 4.79 Å². The summed E-state index contributed by atoms with van der Waals surface area (Å²) in [6.07, 6.45) is -4.37. The van der Waals surface area contributed by atoms with Crippen molar-refractivity contribution in [2.45, 2.75) is 25.3 Å². The Morgan fingerprint density at radius 2 is 2.03 bits per heavy atom. The highest BCUT2D eigenvalue weighted by atomic mass is 19.4. The fourth-order valence-corrected chi connectivity index (χ4v) is 3.31. The first-order chi connectivity index (χ1) is 14.4. The lowest BCUT2D eigenvalue weighted by molar-refractivity contribution is -0.162. The third-order valence-electron chi connectivity index (χ3n) is 4.71. The number of carboxylic acids is 1. The first-order valence-corrected chi connectivity index (χ1v) is 8.73. The molecule has 0 aliphatic heterocycles. The monoisotopic (exact) mass is 441 g/mol. The molecule has 31 heavy (non-hydrogen) atoms. The zero-order chi connectivity index (χ0) is 23.0. The summed E-state index contributed by atoms with van der Waals surface area (Å²) in [5.41, 5.74) is -1.42. The van der Waals surface area contributed by atoms with Crippen LogP contribution in [0.25, 0.3) is 17.0 Å². The van der Waals surface area contributed by atoms with Crippen molar-refractivity contribution in [3.8, 4) is 6.07 Å². The van der Waals surface area contributed by atoms with Crippen molar-refractivity contribution in [2.24, 2.45) is 5.92 Å². The van der Waals surface area contributed by atoms with E-state index in [1.54, 1.807) is 0 Å². The zero-order valence-electron chi connectivity index (χ0n) is 15.5. The van der Waals surface area contributed by atoms with Gasteiger partial charge in [-0.05, 0) is 30.2 Å². The first-order valence-electron chi connectivity index (χ1n) is 8.73. The van der Waals surface area contributed by atoms with Crippen molar-refractivity contribution < 1.29 is 36.2 Å². The topological polar surface area (TPSA) is 78.9 Å². The van der Waals surface area contributed by atoms with E-state index in [1.165, 1.54) is 35.3 Å². The molecule has 1 unspecified atom stereocenters. The molecular formula is C20H13F6N3O2. The van der Waals surface area contributed by atoms with E-state index >= 15 is 0 Å². The van der Waals surface area contributed by atoms with Crippen molar-refractivity contribution >= 4 is 22.9 Å². The summed E-state index contributed by atoms with van der Waals surface area (Å²) >= 11 is 0. The van der Waals surface area contributed by atoms with Crippen LogP contribution in [0.3, 0.4) is 0 Å². The number of aliphatic carboxylic acids is 1. The Hall–Kier alpha value is -3.55. The molecule has 0 amide bonds.